The molecule has 0 atom stereocenters. The lowest BCUT2D eigenvalue weighted by atomic mass is 10.1. The van der Waals surface area contributed by atoms with E-state index < -0.39 is 0 Å². The zero-order chi connectivity index (χ0) is 13.4. The highest BCUT2D eigenvalue weighted by Gasteiger charge is 2.16. The average Bonchev–Trinajstić information content (AvgIpc) is 2.37. The minimum atomic E-state index is -0.330. The SMILES string of the molecule is Cc1cc(F)cc(-c2nc3c(c(=O)[nH]2)CCCN3)c1. The highest BCUT2D eigenvalue weighted by Crippen LogP contribution is 2.21. The quantitative estimate of drug-likeness (QED) is 0.825. The second-order valence-electron chi connectivity index (χ2n) is 4.79. The fraction of sp³-hybridized carbons (Fsp3) is 0.286. The summed E-state index contributed by atoms with van der Waals surface area (Å²) in [5, 5.41) is 3.12. The topological polar surface area (TPSA) is 57.8 Å². The molecular weight excluding hydrogens is 245 g/mol. The molecule has 0 spiro atoms. The molecule has 5 heteroatoms. The van der Waals surface area contributed by atoms with Gasteiger partial charge in [-0.05, 0) is 43.5 Å². The van der Waals surface area contributed by atoms with Crippen molar-refractivity contribution in [3.63, 3.8) is 0 Å². The Labute approximate surface area is 109 Å². The molecule has 0 radical (unpaired) electrons. The smallest absolute Gasteiger partial charge is 0.256 e. The molecule has 0 fully saturated rings. The van der Waals surface area contributed by atoms with Crippen molar-refractivity contribution in [1.82, 2.24) is 9.97 Å². The second-order valence-corrected chi connectivity index (χ2v) is 4.79. The van der Waals surface area contributed by atoms with Crippen molar-refractivity contribution in [3.8, 4) is 11.4 Å². The third kappa shape index (κ3) is 2.23. The first kappa shape index (κ1) is 11.9. The Morgan fingerprint density at radius 1 is 1.32 bits per heavy atom. The van der Waals surface area contributed by atoms with Crippen LogP contribution in [0.2, 0.25) is 0 Å². The maximum absolute atomic E-state index is 13.4. The van der Waals surface area contributed by atoms with E-state index in [9.17, 15) is 9.18 Å². The van der Waals surface area contributed by atoms with Gasteiger partial charge in [0.25, 0.3) is 5.56 Å². The van der Waals surface area contributed by atoms with Gasteiger partial charge in [-0.25, -0.2) is 9.37 Å². The van der Waals surface area contributed by atoms with Gasteiger partial charge in [-0.2, -0.15) is 0 Å². The van der Waals surface area contributed by atoms with E-state index >= 15 is 0 Å². The summed E-state index contributed by atoms with van der Waals surface area (Å²) in [6.07, 6.45) is 1.66. The molecule has 98 valence electrons. The number of halogens is 1. The number of rotatable bonds is 1. The number of aromatic nitrogens is 2. The first-order chi connectivity index (χ1) is 9.13. The van der Waals surface area contributed by atoms with Crippen LogP contribution in [0.15, 0.2) is 23.0 Å². The van der Waals surface area contributed by atoms with E-state index in [1.165, 1.54) is 12.1 Å². The van der Waals surface area contributed by atoms with Crippen molar-refractivity contribution in [2.75, 3.05) is 11.9 Å². The summed E-state index contributed by atoms with van der Waals surface area (Å²) in [4.78, 5) is 19.1. The van der Waals surface area contributed by atoms with Gasteiger partial charge in [-0.15, -0.1) is 0 Å². The molecule has 1 aliphatic rings. The summed E-state index contributed by atoms with van der Waals surface area (Å²) in [6.45, 7) is 2.62. The third-order valence-corrected chi connectivity index (χ3v) is 3.23. The lowest BCUT2D eigenvalue weighted by Gasteiger charge is -2.16. The molecule has 0 saturated heterocycles. The van der Waals surface area contributed by atoms with E-state index in [4.69, 9.17) is 0 Å². The van der Waals surface area contributed by atoms with Crippen molar-refractivity contribution < 1.29 is 4.39 Å². The largest absolute Gasteiger partial charge is 0.370 e. The predicted molar refractivity (Wildman–Crippen MR) is 71.8 cm³/mol. The fourth-order valence-electron chi connectivity index (χ4n) is 2.36. The van der Waals surface area contributed by atoms with Gasteiger partial charge in [0.2, 0.25) is 0 Å². The van der Waals surface area contributed by atoms with Crippen LogP contribution in [0.3, 0.4) is 0 Å². The van der Waals surface area contributed by atoms with Crippen LogP contribution < -0.4 is 10.9 Å². The van der Waals surface area contributed by atoms with Gasteiger partial charge in [0.05, 0.1) is 5.56 Å². The van der Waals surface area contributed by atoms with E-state index in [-0.39, 0.29) is 11.4 Å². The molecule has 1 aliphatic heterocycles. The molecular formula is C14H14FN3O. The average molecular weight is 259 g/mol. The lowest BCUT2D eigenvalue weighted by molar-refractivity contribution is 0.627. The number of hydrogen-bond donors (Lipinski definition) is 2. The van der Waals surface area contributed by atoms with Crippen LogP contribution in [0.4, 0.5) is 10.2 Å². The van der Waals surface area contributed by atoms with Gasteiger partial charge >= 0.3 is 0 Å². The summed E-state index contributed by atoms with van der Waals surface area (Å²) in [5.74, 6) is 0.691. The van der Waals surface area contributed by atoms with E-state index in [1.54, 1.807) is 13.0 Å². The van der Waals surface area contributed by atoms with E-state index in [0.717, 1.165) is 24.9 Å². The number of nitrogens with zero attached hydrogens (tertiary/aromatic N) is 1. The van der Waals surface area contributed by atoms with Crippen LogP contribution in [0.25, 0.3) is 11.4 Å². The summed E-state index contributed by atoms with van der Waals surface area (Å²) < 4.78 is 13.4. The maximum atomic E-state index is 13.4. The Kier molecular flexibility index (Phi) is 2.81. The van der Waals surface area contributed by atoms with Crippen molar-refractivity contribution in [2.24, 2.45) is 0 Å². The van der Waals surface area contributed by atoms with Gasteiger partial charge in [0.15, 0.2) is 0 Å². The van der Waals surface area contributed by atoms with Crippen LogP contribution in [0, 0.1) is 12.7 Å². The number of anilines is 1. The Morgan fingerprint density at radius 2 is 2.16 bits per heavy atom. The third-order valence-electron chi connectivity index (χ3n) is 3.23. The van der Waals surface area contributed by atoms with Gasteiger partial charge in [-0.1, -0.05) is 0 Å². The number of benzene rings is 1. The zero-order valence-corrected chi connectivity index (χ0v) is 10.6. The molecule has 4 nitrogen and oxygen atoms in total. The highest BCUT2D eigenvalue weighted by atomic mass is 19.1. The Bertz CT molecular complexity index is 673. The lowest BCUT2D eigenvalue weighted by Crippen LogP contribution is -2.24. The molecule has 19 heavy (non-hydrogen) atoms. The molecule has 0 saturated carbocycles. The number of hydrogen-bond acceptors (Lipinski definition) is 3. The zero-order valence-electron chi connectivity index (χ0n) is 10.6. The standard InChI is InChI=1S/C14H14FN3O/c1-8-5-9(7-10(15)6-8)12-17-13-11(14(19)18-12)3-2-4-16-13/h5-7H,2-4H2,1H3,(H2,16,17,18,19). The Morgan fingerprint density at radius 3 is 2.95 bits per heavy atom. The monoisotopic (exact) mass is 259 g/mol. The molecule has 3 rings (SSSR count). The summed E-state index contributed by atoms with van der Waals surface area (Å²) in [7, 11) is 0. The minimum Gasteiger partial charge on any atom is -0.370 e. The van der Waals surface area contributed by atoms with Crippen molar-refractivity contribution in [1.29, 1.82) is 0 Å². The van der Waals surface area contributed by atoms with E-state index in [0.29, 0.717) is 22.8 Å². The number of H-pyrrole nitrogens is 1. The fourth-order valence-corrected chi connectivity index (χ4v) is 2.36. The van der Waals surface area contributed by atoms with Gasteiger partial charge in [0.1, 0.15) is 17.5 Å². The molecule has 0 bridgehead atoms. The molecule has 1 aromatic carbocycles. The van der Waals surface area contributed by atoms with Crippen LogP contribution >= 0.6 is 0 Å². The molecule has 0 amide bonds. The Balaban J connectivity index is 2.15. The van der Waals surface area contributed by atoms with Crippen molar-refractivity contribution in [3.05, 3.63) is 45.5 Å². The number of aromatic amines is 1. The van der Waals surface area contributed by atoms with Gasteiger partial charge in [-0.3, -0.25) is 4.79 Å². The summed E-state index contributed by atoms with van der Waals surface area (Å²) >= 11 is 0. The van der Waals surface area contributed by atoms with E-state index in [1.807, 2.05) is 0 Å². The number of fused-ring (bicyclic) bond motifs is 1. The number of aryl methyl sites for hydroxylation is 1. The van der Waals surface area contributed by atoms with Gasteiger partial charge in [0, 0.05) is 12.1 Å². The minimum absolute atomic E-state index is 0.144. The number of nitrogens with one attached hydrogen (secondary N) is 2. The van der Waals surface area contributed by atoms with Gasteiger partial charge < -0.3 is 10.3 Å². The Hall–Kier alpha value is -2.17. The predicted octanol–water partition coefficient (Wildman–Crippen LogP) is 2.24. The van der Waals surface area contributed by atoms with Crippen LogP contribution in [-0.2, 0) is 6.42 Å². The van der Waals surface area contributed by atoms with Crippen LogP contribution in [0.1, 0.15) is 17.5 Å². The van der Waals surface area contributed by atoms with Crippen molar-refractivity contribution in [2.45, 2.75) is 19.8 Å². The highest BCUT2D eigenvalue weighted by molar-refractivity contribution is 5.60. The summed E-state index contributed by atoms with van der Waals surface area (Å²) in [5.41, 5.74) is 1.92. The molecule has 1 aromatic heterocycles. The first-order valence-corrected chi connectivity index (χ1v) is 6.28. The second kappa shape index (κ2) is 4.50. The normalized spacial score (nSPS) is 13.8. The molecule has 2 aromatic rings. The first-order valence-electron chi connectivity index (χ1n) is 6.28. The van der Waals surface area contributed by atoms with Crippen LogP contribution in [0.5, 0.6) is 0 Å². The summed E-state index contributed by atoms with van der Waals surface area (Å²) in [6, 6.07) is 4.62. The molecule has 2 N–H and O–H groups in total. The molecule has 0 unspecified atom stereocenters. The van der Waals surface area contributed by atoms with E-state index in [2.05, 4.69) is 15.3 Å². The molecule has 0 aliphatic carbocycles. The van der Waals surface area contributed by atoms with Crippen LogP contribution in [-0.4, -0.2) is 16.5 Å². The van der Waals surface area contributed by atoms with Crippen molar-refractivity contribution >= 4 is 5.82 Å². The maximum Gasteiger partial charge on any atom is 0.256 e. The molecule has 2 heterocycles.